The summed E-state index contributed by atoms with van der Waals surface area (Å²) >= 11 is 3.21. The van der Waals surface area contributed by atoms with Gasteiger partial charge in [-0.2, -0.15) is 5.26 Å². The van der Waals surface area contributed by atoms with E-state index >= 15 is 0 Å². The molecule has 0 spiro atoms. The van der Waals surface area contributed by atoms with Crippen LogP contribution in [0.1, 0.15) is 12.5 Å². The molecule has 1 aromatic rings. The highest BCUT2D eigenvalue weighted by atomic mass is 79.9. The van der Waals surface area contributed by atoms with E-state index in [2.05, 4.69) is 33.9 Å². The molecule has 1 unspecified atom stereocenters. The number of benzene rings is 1. The van der Waals surface area contributed by atoms with Crippen LogP contribution in [-0.4, -0.2) is 25.0 Å². The number of anilines is 1. The van der Waals surface area contributed by atoms with E-state index in [9.17, 15) is 9.65 Å². The van der Waals surface area contributed by atoms with Gasteiger partial charge in [0.15, 0.2) is 0 Å². The van der Waals surface area contributed by atoms with Gasteiger partial charge in [-0.15, -0.1) is 0 Å². The molecular weight excluding hydrogens is 347 g/mol. The molecular formula is C16H20BrFN4. The van der Waals surface area contributed by atoms with Crippen molar-refractivity contribution >= 4 is 21.6 Å². The predicted molar refractivity (Wildman–Crippen MR) is 91.5 cm³/mol. The summed E-state index contributed by atoms with van der Waals surface area (Å²) in [5.74, 6) is -0.334. The molecule has 0 saturated carbocycles. The van der Waals surface area contributed by atoms with E-state index in [-0.39, 0.29) is 5.82 Å². The Labute approximate surface area is 139 Å². The third-order valence-corrected chi connectivity index (χ3v) is 3.79. The molecule has 0 aliphatic rings. The van der Waals surface area contributed by atoms with Crippen molar-refractivity contribution in [1.82, 2.24) is 10.2 Å². The van der Waals surface area contributed by atoms with E-state index in [4.69, 9.17) is 0 Å². The van der Waals surface area contributed by atoms with E-state index < -0.39 is 6.04 Å². The molecule has 6 heteroatoms. The maximum Gasteiger partial charge on any atom is 0.144 e. The van der Waals surface area contributed by atoms with Crippen molar-refractivity contribution in [2.75, 3.05) is 19.0 Å². The van der Waals surface area contributed by atoms with Gasteiger partial charge in [0.05, 0.1) is 10.5 Å². The van der Waals surface area contributed by atoms with Crippen LogP contribution in [0.15, 0.2) is 41.8 Å². The van der Waals surface area contributed by atoms with Gasteiger partial charge in [0.1, 0.15) is 11.9 Å². The average Bonchev–Trinajstić information content (AvgIpc) is 2.53. The van der Waals surface area contributed by atoms with Gasteiger partial charge >= 0.3 is 0 Å². The third kappa shape index (κ3) is 4.25. The zero-order valence-electron chi connectivity index (χ0n) is 13.0. The molecule has 0 radical (unpaired) electrons. The van der Waals surface area contributed by atoms with Gasteiger partial charge < -0.3 is 15.1 Å². The van der Waals surface area contributed by atoms with Gasteiger partial charge in [-0.05, 0) is 41.2 Å². The lowest BCUT2D eigenvalue weighted by Crippen LogP contribution is -2.29. The van der Waals surface area contributed by atoms with Gasteiger partial charge in [-0.3, -0.25) is 0 Å². The van der Waals surface area contributed by atoms with Crippen LogP contribution >= 0.6 is 15.9 Å². The predicted octanol–water partition coefficient (Wildman–Crippen LogP) is 3.57. The van der Waals surface area contributed by atoms with Crippen LogP contribution < -0.4 is 10.2 Å². The Morgan fingerprint density at radius 2 is 2.23 bits per heavy atom. The first kappa shape index (κ1) is 18.1. The SMILES string of the molecule is C=CN(C)Cc1c(N(/C=C\NC)C(C)C#N)ccc(Br)c1F. The first-order chi connectivity index (χ1) is 10.5. The highest BCUT2D eigenvalue weighted by Crippen LogP contribution is 2.31. The number of nitrogens with one attached hydrogen (secondary N) is 1. The van der Waals surface area contributed by atoms with Crippen molar-refractivity contribution in [3.05, 3.63) is 53.2 Å². The molecule has 0 amide bonds. The summed E-state index contributed by atoms with van der Waals surface area (Å²) in [5, 5.41) is 12.1. The highest BCUT2D eigenvalue weighted by Gasteiger charge is 2.20. The molecule has 0 aliphatic heterocycles. The summed E-state index contributed by atoms with van der Waals surface area (Å²) in [6.07, 6.45) is 5.06. The fraction of sp³-hybridized carbons (Fsp3) is 0.312. The summed E-state index contributed by atoms with van der Waals surface area (Å²) in [6.45, 7) is 5.80. The second kappa shape index (κ2) is 8.44. The second-order valence-corrected chi connectivity index (χ2v) is 5.63. The van der Waals surface area contributed by atoms with Gasteiger partial charge in [0.25, 0.3) is 0 Å². The Kier molecular flexibility index (Phi) is 6.93. The van der Waals surface area contributed by atoms with Crippen molar-refractivity contribution in [3.63, 3.8) is 0 Å². The van der Waals surface area contributed by atoms with Crippen LogP contribution in [-0.2, 0) is 6.54 Å². The molecule has 0 heterocycles. The van der Waals surface area contributed by atoms with E-state index in [1.807, 2.05) is 7.05 Å². The van der Waals surface area contributed by atoms with Crippen molar-refractivity contribution < 1.29 is 4.39 Å². The lowest BCUT2D eigenvalue weighted by atomic mass is 10.1. The summed E-state index contributed by atoms with van der Waals surface area (Å²) < 4.78 is 14.9. The van der Waals surface area contributed by atoms with Crippen LogP contribution in [0.4, 0.5) is 10.1 Å². The maximum absolute atomic E-state index is 14.6. The number of hydrogen-bond donors (Lipinski definition) is 1. The molecule has 1 rings (SSSR count). The number of nitrogens with zero attached hydrogens (tertiary/aromatic N) is 3. The highest BCUT2D eigenvalue weighted by molar-refractivity contribution is 9.10. The smallest absolute Gasteiger partial charge is 0.144 e. The molecule has 4 nitrogen and oxygen atoms in total. The maximum atomic E-state index is 14.6. The molecule has 0 fully saturated rings. The topological polar surface area (TPSA) is 42.3 Å². The molecule has 0 aliphatic carbocycles. The van der Waals surface area contributed by atoms with Crippen LogP contribution in [0.2, 0.25) is 0 Å². The van der Waals surface area contributed by atoms with E-state index in [0.717, 1.165) is 0 Å². The second-order valence-electron chi connectivity index (χ2n) is 4.77. The van der Waals surface area contributed by atoms with Crippen molar-refractivity contribution in [1.29, 1.82) is 5.26 Å². The summed E-state index contributed by atoms with van der Waals surface area (Å²) in [5.41, 5.74) is 1.15. The van der Waals surface area contributed by atoms with E-state index in [1.54, 1.807) is 54.5 Å². The zero-order chi connectivity index (χ0) is 16.7. The van der Waals surface area contributed by atoms with Gasteiger partial charge in [0.2, 0.25) is 0 Å². The van der Waals surface area contributed by atoms with Crippen molar-refractivity contribution in [2.24, 2.45) is 0 Å². The first-order valence-electron chi connectivity index (χ1n) is 6.77. The summed E-state index contributed by atoms with van der Waals surface area (Å²) in [7, 11) is 3.58. The van der Waals surface area contributed by atoms with E-state index in [1.165, 1.54) is 0 Å². The lowest BCUT2D eigenvalue weighted by molar-refractivity contribution is 0.437. The van der Waals surface area contributed by atoms with Crippen LogP contribution in [0.25, 0.3) is 0 Å². The van der Waals surface area contributed by atoms with E-state index in [0.29, 0.717) is 22.3 Å². The van der Waals surface area contributed by atoms with Gasteiger partial charge in [0, 0.05) is 44.3 Å². The largest absolute Gasteiger partial charge is 0.393 e. The molecule has 0 bridgehead atoms. The number of nitriles is 1. The minimum Gasteiger partial charge on any atom is -0.393 e. The number of rotatable bonds is 7. The minimum atomic E-state index is -0.432. The zero-order valence-corrected chi connectivity index (χ0v) is 14.6. The quantitative estimate of drug-likeness (QED) is 0.800. The van der Waals surface area contributed by atoms with Crippen molar-refractivity contribution in [3.8, 4) is 6.07 Å². The Bertz CT molecular complexity index is 595. The Morgan fingerprint density at radius 3 is 2.77 bits per heavy atom. The van der Waals surface area contributed by atoms with Gasteiger partial charge in [-0.1, -0.05) is 6.58 Å². The summed E-state index contributed by atoms with van der Waals surface area (Å²) in [6, 6.07) is 5.19. The summed E-state index contributed by atoms with van der Waals surface area (Å²) in [4.78, 5) is 3.52. The fourth-order valence-corrected chi connectivity index (χ4v) is 2.30. The van der Waals surface area contributed by atoms with Crippen LogP contribution in [0.3, 0.4) is 0 Å². The fourth-order valence-electron chi connectivity index (χ4n) is 1.92. The molecule has 0 saturated heterocycles. The van der Waals surface area contributed by atoms with Crippen LogP contribution in [0, 0.1) is 17.1 Å². The molecule has 1 N–H and O–H groups in total. The Hall–Kier alpha value is -2.00. The molecule has 1 atom stereocenters. The normalized spacial score (nSPS) is 11.8. The standard InChI is InChI=1S/C16H20BrFN4/c1-5-21(4)11-13-15(7-6-14(17)16(13)18)22(9-8-20-3)12(2)10-19/h5-9,12,20H,1,11H2,2-4H3/b9-8-. The number of hydrogen-bond acceptors (Lipinski definition) is 4. The molecule has 118 valence electrons. The molecule has 22 heavy (non-hydrogen) atoms. The lowest BCUT2D eigenvalue weighted by Gasteiger charge is -2.27. The Balaban J connectivity index is 3.41. The van der Waals surface area contributed by atoms with Crippen LogP contribution in [0.5, 0.6) is 0 Å². The molecule has 1 aromatic carbocycles. The van der Waals surface area contributed by atoms with Gasteiger partial charge in [-0.25, -0.2) is 4.39 Å². The average molecular weight is 367 g/mol. The molecule has 0 aromatic heterocycles. The third-order valence-electron chi connectivity index (χ3n) is 3.17. The monoisotopic (exact) mass is 366 g/mol. The van der Waals surface area contributed by atoms with Crippen molar-refractivity contribution in [2.45, 2.75) is 19.5 Å². The number of halogens is 2. The Morgan fingerprint density at radius 1 is 1.55 bits per heavy atom. The first-order valence-corrected chi connectivity index (χ1v) is 7.57. The minimum absolute atomic E-state index is 0.334.